The molecule has 1 aromatic heterocycles. The number of nitrogens with zero attached hydrogens (tertiary/aromatic N) is 4. The number of hydrogen-bond donors (Lipinski definition) is 0. The van der Waals surface area contributed by atoms with Crippen LogP contribution >= 0.6 is 11.8 Å². The molecule has 0 saturated heterocycles. The molecule has 3 aromatic carbocycles. The van der Waals surface area contributed by atoms with Gasteiger partial charge in [-0.1, -0.05) is 65.9 Å². The van der Waals surface area contributed by atoms with Crippen LogP contribution in [0.5, 0.6) is 0 Å². The molecule has 31 heavy (non-hydrogen) atoms. The summed E-state index contributed by atoms with van der Waals surface area (Å²) in [5, 5.41) is 9.43. The van der Waals surface area contributed by atoms with Gasteiger partial charge >= 0.3 is 0 Å². The van der Waals surface area contributed by atoms with Gasteiger partial charge in [0.1, 0.15) is 0 Å². The van der Waals surface area contributed by atoms with Crippen molar-refractivity contribution >= 4 is 23.6 Å². The molecule has 152 valence electrons. The summed E-state index contributed by atoms with van der Waals surface area (Å²) in [6, 6.07) is 24.8. The van der Waals surface area contributed by atoms with E-state index in [9.17, 15) is 9.59 Å². The van der Waals surface area contributed by atoms with Gasteiger partial charge in [0.25, 0.3) is 11.8 Å². The molecule has 0 atom stereocenters. The first-order chi connectivity index (χ1) is 15.1. The van der Waals surface area contributed by atoms with Gasteiger partial charge in [-0.3, -0.25) is 19.1 Å². The van der Waals surface area contributed by atoms with Crippen LogP contribution in [0, 0.1) is 6.92 Å². The number of carbonyl (C=O) groups excluding carboxylic acids is 2. The molecule has 0 radical (unpaired) electrons. The van der Waals surface area contributed by atoms with Gasteiger partial charge in [-0.25, -0.2) is 0 Å². The highest BCUT2D eigenvalue weighted by Gasteiger charge is 2.35. The summed E-state index contributed by atoms with van der Waals surface area (Å²) >= 11 is 1.31. The van der Waals surface area contributed by atoms with E-state index in [0.717, 1.165) is 16.8 Å². The van der Waals surface area contributed by atoms with Gasteiger partial charge in [-0.2, -0.15) is 0 Å². The average Bonchev–Trinajstić information content (AvgIpc) is 3.33. The van der Waals surface area contributed by atoms with Gasteiger partial charge in [0.2, 0.25) is 0 Å². The Morgan fingerprint density at radius 3 is 2.16 bits per heavy atom. The number of thioether (sulfide) groups is 1. The normalized spacial score (nSPS) is 13.0. The highest BCUT2D eigenvalue weighted by Crippen LogP contribution is 2.31. The van der Waals surface area contributed by atoms with E-state index in [1.807, 2.05) is 60.0 Å². The zero-order valence-electron chi connectivity index (χ0n) is 16.7. The van der Waals surface area contributed by atoms with E-state index in [1.54, 1.807) is 24.3 Å². The lowest BCUT2D eigenvalue weighted by Crippen LogP contribution is -2.29. The summed E-state index contributed by atoms with van der Waals surface area (Å²) in [6.07, 6.45) is 0. The van der Waals surface area contributed by atoms with E-state index in [0.29, 0.717) is 22.1 Å². The second-order valence-corrected chi connectivity index (χ2v) is 8.12. The number of imide groups is 1. The molecule has 0 unspecified atom stereocenters. The summed E-state index contributed by atoms with van der Waals surface area (Å²) in [6.45, 7) is 2.03. The fraction of sp³-hybridized carbons (Fsp3) is 0.0833. The average molecular weight is 427 g/mol. The van der Waals surface area contributed by atoms with E-state index >= 15 is 0 Å². The molecule has 0 spiro atoms. The number of hydrogen-bond acceptors (Lipinski definition) is 5. The summed E-state index contributed by atoms with van der Waals surface area (Å²) < 4.78 is 1.96. The van der Waals surface area contributed by atoms with Crippen LogP contribution in [-0.4, -0.2) is 37.4 Å². The molecule has 7 heteroatoms. The number of carbonyl (C=O) groups is 2. The molecule has 6 nitrogen and oxygen atoms in total. The van der Waals surface area contributed by atoms with Gasteiger partial charge in [0.15, 0.2) is 11.0 Å². The van der Waals surface area contributed by atoms with Gasteiger partial charge < -0.3 is 0 Å². The van der Waals surface area contributed by atoms with Crippen LogP contribution in [0.25, 0.3) is 17.1 Å². The first-order valence-electron chi connectivity index (χ1n) is 9.79. The Bertz CT molecular complexity index is 1260. The second-order valence-electron chi connectivity index (χ2n) is 7.20. The predicted molar refractivity (Wildman–Crippen MR) is 119 cm³/mol. The number of fused-ring (bicyclic) bond motifs is 1. The zero-order valence-corrected chi connectivity index (χ0v) is 17.5. The number of amides is 2. The van der Waals surface area contributed by atoms with Crippen LogP contribution in [0.1, 0.15) is 26.3 Å². The predicted octanol–water partition coefficient (Wildman–Crippen LogP) is 4.59. The number of benzene rings is 3. The Hall–Kier alpha value is -3.71. The molecule has 1 aliphatic rings. The topological polar surface area (TPSA) is 68.1 Å². The fourth-order valence-corrected chi connectivity index (χ4v) is 4.52. The van der Waals surface area contributed by atoms with E-state index < -0.39 is 0 Å². The molecule has 0 bridgehead atoms. The summed E-state index contributed by atoms with van der Waals surface area (Å²) in [7, 11) is 0. The second kappa shape index (κ2) is 7.85. The molecule has 0 N–H and O–H groups in total. The van der Waals surface area contributed by atoms with Crippen LogP contribution in [0.3, 0.4) is 0 Å². The number of aromatic nitrogens is 3. The third-order valence-electron chi connectivity index (χ3n) is 5.12. The summed E-state index contributed by atoms with van der Waals surface area (Å²) in [5.41, 5.74) is 3.87. The first-order valence-corrected chi connectivity index (χ1v) is 10.8. The minimum atomic E-state index is -0.280. The van der Waals surface area contributed by atoms with Crippen molar-refractivity contribution in [2.45, 2.75) is 12.1 Å². The fourth-order valence-electron chi connectivity index (χ4n) is 3.62. The Morgan fingerprint density at radius 2 is 1.48 bits per heavy atom. The largest absolute Gasteiger partial charge is 0.270 e. The monoisotopic (exact) mass is 426 g/mol. The lowest BCUT2D eigenvalue weighted by molar-refractivity contribution is 0.0684. The maximum Gasteiger partial charge on any atom is 0.262 e. The van der Waals surface area contributed by atoms with Crippen molar-refractivity contribution in [1.82, 2.24) is 19.7 Å². The molecular weight excluding hydrogens is 408 g/mol. The van der Waals surface area contributed by atoms with Crippen molar-refractivity contribution in [3.63, 3.8) is 0 Å². The minimum absolute atomic E-state index is 0.158. The van der Waals surface area contributed by atoms with E-state index in [1.165, 1.54) is 16.7 Å². The highest BCUT2D eigenvalue weighted by molar-refractivity contribution is 7.99. The Morgan fingerprint density at radius 1 is 0.806 bits per heavy atom. The number of rotatable bonds is 5. The van der Waals surface area contributed by atoms with Crippen LogP contribution < -0.4 is 0 Å². The molecule has 2 heterocycles. The quantitative estimate of drug-likeness (QED) is 0.345. The van der Waals surface area contributed by atoms with Gasteiger partial charge in [-0.15, -0.1) is 10.2 Å². The summed E-state index contributed by atoms with van der Waals surface area (Å²) in [5.74, 6) is 0.306. The van der Waals surface area contributed by atoms with Crippen molar-refractivity contribution in [2.75, 3.05) is 5.88 Å². The molecule has 0 fully saturated rings. The SMILES string of the molecule is Cc1cccc(-c2nnc(SCN3C(=O)c4ccccc4C3=O)n2-c2ccccc2)c1. The highest BCUT2D eigenvalue weighted by atomic mass is 32.2. The standard InChI is InChI=1S/C24H18N4O2S/c1-16-8-7-9-17(14-16)21-25-26-24(28(21)18-10-3-2-4-11-18)31-15-27-22(29)19-12-5-6-13-20(19)23(27)30/h2-14H,15H2,1H3. The first kappa shape index (κ1) is 19.3. The Labute approximate surface area is 183 Å². The number of para-hydroxylation sites is 1. The molecule has 5 rings (SSSR count). The smallest absolute Gasteiger partial charge is 0.262 e. The van der Waals surface area contributed by atoms with Crippen molar-refractivity contribution in [2.24, 2.45) is 0 Å². The number of aryl methyl sites for hydroxylation is 1. The van der Waals surface area contributed by atoms with Crippen LogP contribution in [0.4, 0.5) is 0 Å². The van der Waals surface area contributed by atoms with E-state index in [4.69, 9.17) is 0 Å². The minimum Gasteiger partial charge on any atom is -0.270 e. The lowest BCUT2D eigenvalue weighted by Gasteiger charge is -2.14. The van der Waals surface area contributed by atoms with Crippen LogP contribution in [0.2, 0.25) is 0 Å². The molecular formula is C24H18N4O2S. The molecule has 2 amide bonds. The Balaban J connectivity index is 1.49. The van der Waals surface area contributed by atoms with Crippen molar-refractivity contribution < 1.29 is 9.59 Å². The van der Waals surface area contributed by atoms with Crippen molar-refractivity contribution in [1.29, 1.82) is 0 Å². The molecule has 0 aliphatic carbocycles. The molecule has 4 aromatic rings. The third kappa shape index (κ3) is 3.43. The van der Waals surface area contributed by atoms with Gasteiger partial charge in [0.05, 0.1) is 17.0 Å². The summed E-state index contributed by atoms with van der Waals surface area (Å²) in [4.78, 5) is 26.6. The van der Waals surface area contributed by atoms with Crippen LogP contribution in [-0.2, 0) is 0 Å². The van der Waals surface area contributed by atoms with E-state index in [-0.39, 0.29) is 17.7 Å². The third-order valence-corrected chi connectivity index (χ3v) is 6.03. The molecule has 0 saturated carbocycles. The van der Waals surface area contributed by atoms with Gasteiger partial charge in [-0.05, 0) is 37.3 Å². The van der Waals surface area contributed by atoms with Crippen molar-refractivity contribution in [3.05, 3.63) is 95.6 Å². The van der Waals surface area contributed by atoms with Crippen molar-refractivity contribution in [3.8, 4) is 17.1 Å². The lowest BCUT2D eigenvalue weighted by atomic mass is 10.1. The maximum atomic E-state index is 12.7. The molecule has 1 aliphatic heterocycles. The Kier molecular flexibility index (Phi) is 4.88. The van der Waals surface area contributed by atoms with Gasteiger partial charge in [0, 0.05) is 11.3 Å². The maximum absolute atomic E-state index is 12.7. The van der Waals surface area contributed by atoms with Crippen LogP contribution in [0.15, 0.2) is 84.0 Å². The zero-order chi connectivity index (χ0) is 21.4. The van der Waals surface area contributed by atoms with E-state index in [2.05, 4.69) is 16.3 Å².